The van der Waals surface area contributed by atoms with E-state index in [9.17, 15) is 4.79 Å². The number of methoxy groups -OCH3 is 1. The Bertz CT molecular complexity index is 343. The minimum Gasteiger partial charge on any atom is -0.468 e. The average molecular weight is 236 g/mol. The third-order valence-electron chi connectivity index (χ3n) is 4.57. The van der Waals surface area contributed by atoms with E-state index in [0.29, 0.717) is 12.0 Å². The second-order valence-electron chi connectivity index (χ2n) is 5.66. The molecule has 0 aromatic carbocycles. The molecule has 17 heavy (non-hydrogen) atoms. The molecular weight excluding hydrogens is 216 g/mol. The molecule has 2 fully saturated rings. The van der Waals surface area contributed by atoms with Gasteiger partial charge >= 0.3 is 5.97 Å². The Balaban J connectivity index is 1.67. The van der Waals surface area contributed by atoms with Gasteiger partial charge in [-0.15, -0.1) is 0 Å². The first kappa shape index (κ1) is 11.3. The number of hydrogen-bond acceptors (Lipinski definition) is 3. The second-order valence-corrected chi connectivity index (χ2v) is 5.66. The zero-order valence-electron chi connectivity index (χ0n) is 10.4. The molecule has 0 heterocycles. The summed E-state index contributed by atoms with van der Waals surface area (Å²) in [5.74, 6) is 0.337. The van der Waals surface area contributed by atoms with Crippen LogP contribution in [0, 0.1) is 11.3 Å². The summed E-state index contributed by atoms with van der Waals surface area (Å²) >= 11 is 0. The first-order chi connectivity index (χ1) is 8.23. The molecule has 2 saturated carbocycles. The fourth-order valence-corrected chi connectivity index (χ4v) is 3.64. The molecule has 2 bridgehead atoms. The molecule has 0 saturated heterocycles. The Morgan fingerprint density at radius 1 is 1.29 bits per heavy atom. The van der Waals surface area contributed by atoms with Gasteiger partial charge in [-0.1, -0.05) is 25.0 Å². The molecule has 0 aliphatic heterocycles. The fraction of sp³-hybridized carbons (Fsp3) is 0.786. The second kappa shape index (κ2) is 4.13. The summed E-state index contributed by atoms with van der Waals surface area (Å²) in [4.78, 5) is 11.8. The molecule has 3 aliphatic rings. The van der Waals surface area contributed by atoms with E-state index in [1.165, 1.54) is 32.8 Å². The maximum atomic E-state index is 11.8. The van der Waals surface area contributed by atoms with Crippen molar-refractivity contribution >= 4 is 5.97 Å². The van der Waals surface area contributed by atoms with Gasteiger partial charge in [-0.2, -0.15) is 0 Å². The minimum absolute atomic E-state index is 0.0891. The largest absolute Gasteiger partial charge is 0.468 e. The van der Waals surface area contributed by atoms with Crippen LogP contribution in [0.3, 0.4) is 0 Å². The van der Waals surface area contributed by atoms with Crippen LogP contribution in [0.4, 0.5) is 0 Å². The lowest BCUT2D eigenvalue weighted by molar-refractivity contribution is -0.150. The summed E-state index contributed by atoms with van der Waals surface area (Å²) in [5, 5.41) is 0. The van der Waals surface area contributed by atoms with Crippen molar-refractivity contribution in [1.82, 2.24) is 0 Å². The van der Waals surface area contributed by atoms with Crippen molar-refractivity contribution in [2.24, 2.45) is 11.3 Å². The Kier molecular flexibility index (Phi) is 2.74. The summed E-state index contributed by atoms with van der Waals surface area (Å²) in [5.41, 5.74) is -0.372. The smallest absolute Gasteiger partial charge is 0.315 e. The van der Waals surface area contributed by atoms with E-state index in [2.05, 4.69) is 6.08 Å². The predicted molar refractivity (Wildman–Crippen MR) is 63.4 cm³/mol. The summed E-state index contributed by atoms with van der Waals surface area (Å²) in [6.45, 7) is 0. The van der Waals surface area contributed by atoms with Crippen molar-refractivity contribution in [2.45, 2.75) is 50.7 Å². The molecule has 3 unspecified atom stereocenters. The van der Waals surface area contributed by atoms with Gasteiger partial charge in [0.05, 0.1) is 24.7 Å². The molecule has 3 heteroatoms. The zero-order valence-corrected chi connectivity index (χ0v) is 10.4. The number of rotatable bonds is 3. The lowest BCUT2D eigenvalue weighted by Gasteiger charge is -2.26. The molecule has 3 atom stereocenters. The average Bonchev–Trinajstić information content (AvgIpc) is 3.03. The van der Waals surface area contributed by atoms with Gasteiger partial charge in [0.25, 0.3) is 0 Å². The maximum absolute atomic E-state index is 11.8. The molecule has 0 aromatic heterocycles. The SMILES string of the molecule is COC(=O)C12C=CC(C1)C(OC1CCCC1)C2. The highest BCUT2D eigenvalue weighted by molar-refractivity contribution is 5.80. The van der Waals surface area contributed by atoms with E-state index < -0.39 is 0 Å². The van der Waals surface area contributed by atoms with Crippen LogP contribution < -0.4 is 0 Å². The highest BCUT2D eigenvalue weighted by Crippen LogP contribution is 2.51. The van der Waals surface area contributed by atoms with Crippen molar-refractivity contribution in [3.8, 4) is 0 Å². The van der Waals surface area contributed by atoms with Gasteiger partial charge in [-0.3, -0.25) is 4.79 Å². The molecule has 0 spiro atoms. The van der Waals surface area contributed by atoms with Gasteiger partial charge in [-0.25, -0.2) is 0 Å². The lowest BCUT2D eigenvalue weighted by atomic mass is 9.87. The molecule has 0 aromatic rings. The number of carbonyl (C=O) groups is 1. The van der Waals surface area contributed by atoms with Crippen molar-refractivity contribution in [3.05, 3.63) is 12.2 Å². The van der Waals surface area contributed by atoms with Gasteiger partial charge in [0, 0.05) is 5.92 Å². The van der Waals surface area contributed by atoms with Crippen LogP contribution in [0.25, 0.3) is 0 Å². The molecular formula is C14H20O3. The van der Waals surface area contributed by atoms with Crippen LogP contribution in [-0.4, -0.2) is 25.3 Å². The number of ether oxygens (including phenoxy) is 2. The first-order valence-corrected chi connectivity index (χ1v) is 6.67. The van der Waals surface area contributed by atoms with Crippen LogP contribution in [0.2, 0.25) is 0 Å². The van der Waals surface area contributed by atoms with E-state index >= 15 is 0 Å². The van der Waals surface area contributed by atoms with Crippen molar-refractivity contribution < 1.29 is 14.3 Å². The topological polar surface area (TPSA) is 35.5 Å². The zero-order chi connectivity index (χ0) is 11.9. The van der Waals surface area contributed by atoms with Crippen LogP contribution >= 0.6 is 0 Å². The Hall–Kier alpha value is -0.830. The molecule has 3 rings (SSSR count). The highest BCUT2D eigenvalue weighted by atomic mass is 16.5. The molecule has 94 valence electrons. The number of fused-ring (bicyclic) bond motifs is 2. The van der Waals surface area contributed by atoms with Gasteiger partial charge < -0.3 is 9.47 Å². The maximum Gasteiger partial charge on any atom is 0.315 e. The first-order valence-electron chi connectivity index (χ1n) is 6.67. The lowest BCUT2D eigenvalue weighted by Crippen LogP contribution is -2.30. The third-order valence-corrected chi connectivity index (χ3v) is 4.57. The third kappa shape index (κ3) is 1.81. The summed E-state index contributed by atoms with van der Waals surface area (Å²) < 4.78 is 11.1. The monoisotopic (exact) mass is 236 g/mol. The normalized spacial score (nSPS) is 40.1. The predicted octanol–water partition coefficient (Wildman–Crippen LogP) is 2.45. The standard InChI is InChI=1S/C14H20O3/c1-16-13(15)14-7-6-10(8-14)12(9-14)17-11-4-2-3-5-11/h6-7,10-12H,2-5,8-9H2,1H3. The van der Waals surface area contributed by atoms with Crippen LogP contribution in [0.5, 0.6) is 0 Å². The van der Waals surface area contributed by atoms with Crippen LogP contribution in [0.1, 0.15) is 38.5 Å². The van der Waals surface area contributed by atoms with Crippen molar-refractivity contribution in [3.63, 3.8) is 0 Å². The number of carbonyl (C=O) groups excluding carboxylic acids is 1. The summed E-state index contributed by atoms with van der Waals surface area (Å²) in [7, 11) is 1.48. The summed E-state index contributed by atoms with van der Waals surface area (Å²) in [6, 6.07) is 0. The van der Waals surface area contributed by atoms with Crippen molar-refractivity contribution in [1.29, 1.82) is 0 Å². The number of hydrogen-bond donors (Lipinski definition) is 0. The Morgan fingerprint density at radius 3 is 2.76 bits per heavy atom. The van der Waals surface area contributed by atoms with Gasteiger partial charge in [-0.05, 0) is 25.7 Å². The molecule has 3 nitrogen and oxygen atoms in total. The quantitative estimate of drug-likeness (QED) is 0.558. The Morgan fingerprint density at radius 2 is 2.06 bits per heavy atom. The van der Waals surface area contributed by atoms with Crippen LogP contribution in [0.15, 0.2) is 12.2 Å². The van der Waals surface area contributed by atoms with E-state index in [1.54, 1.807) is 0 Å². The van der Waals surface area contributed by atoms with E-state index in [4.69, 9.17) is 9.47 Å². The molecule has 3 aliphatic carbocycles. The Labute approximate surface area is 102 Å². The molecule has 0 amide bonds. The van der Waals surface area contributed by atoms with Gasteiger partial charge in [0.2, 0.25) is 0 Å². The minimum atomic E-state index is -0.372. The van der Waals surface area contributed by atoms with E-state index in [-0.39, 0.29) is 17.5 Å². The fourth-order valence-electron chi connectivity index (χ4n) is 3.64. The summed E-state index contributed by atoms with van der Waals surface area (Å²) in [6.07, 6.45) is 11.5. The van der Waals surface area contributed by atoms with Gasteiger partial charge in [0.1, 0.15) is 0 Å². The highest BCUT2D eigenvalue weighted by Gasteiger charge is 2.53. The van der Waals surface area contributed by atoms with E-state index in [1.807, 2.05) is 6.08 Å². The molecule has 0 N–H and O–H groups in total. The van der Waals surface area contributed by atoms with Crippen LogP contribution in [-0.2, 0) is 14.3 Å². The number of esters is 1. The van der Waals surface area contributed by atoms with Gasteiger partial charge in [0.15, 0.2) is 0 Å². The van der Waals surface area contributed by atoms with E-state index in [0.717, 1.165) is 12.8 Å². The molecule has 0 radical (unpaired) electrons. The van der Waals surface area contributed by atoms with Crippen molar-refractivity contribution in [2.75, 3.05) is 7.11 Å².